The van der Waals surface area contributed by atoms with E-state index in [1.807, 2.05) is 25.4 Å². The molecule has 0 aliphatic carbocycles. The van der Waals surface area contributed by atoms with Crippen LogP contribution >= 0.6 is 0 Å². The molecule has 0 saturated carbocycles. The molecule has 4 nitrogen and oxygen atoms in total. The van der Waals surface area contributed by atoms with E-state index in [1.165, 1.54) is 11.1 Å². The molecule has 0 saturated heterocycles. The van der Waals surface area contributed by atoms with Gasteiger partial charge in [-0.1, -0.05) is 48.5 Å². The lowest BCUT2D eigenvalue weighted by Crippen LogP contribution is -2.13. The molecule has 0 radical (unpaired) electrons. The summed E-state index contributed by atoms with van der Waals surface area (Å²) in [5.41, 5.74) is 6.01. The highest BCUT2D eigenvalue weighted by molar-refractivity contribution is 6.17. The van der Waals surface area contributed by atoms with Gasteiger partial charge in [0.25, 0.3) is 0 Å². The van der Waals surface area contributed by atoms with Crippen LogP contribution in [-0.4, -0.2) is 22.0 Å². The Hall–Kier alpha value is -3.53. The van der Waals surface area contributed by atoms with Gasteiger partial charge in [0, 0.05) is 23.7 Å². The Balaban J connectivity index is 1.58. The molecular formula is C23H18N4. The first-order valence-electron chi connectivity index (χ1n) is 8.95. The van der Waals surface area contributed by atoms with Gasteiger partial charge in [0.05, 0.1) is 11.0 Å². The van der Waals surface area contributed by atoms with E-state index in [0.717, 1.165) is 22.3 Å². The van der Waals surface area contributed by atoms with E-state index >= 15 is 0 Å². The summed E-state index contributed by atoms with van der Waals surface area (Å²) in [4.78, 5) is 13.6. The van der Waals surface area contributed by atoms with Crippen molar-refractivity contribution in [1.29, 1.82) is 0 Å². The maximum absolute atomic E-state index is 4.63. The number of hydrogen-bond acceptors (Lipinski definition) is 3. The van der Waals surface area contributed by atoms with Gasteiger partial charge < -0.3 is 0 Å². The molecule has 0 bridgehead atoms. The number of benzene rings is 3. The van der Waals surface area contributed by atoms with Gasteiger partial charge in [-0.2, -0.15) is 0 Å². The van der Waals surface area contributed by atoms with Crippen LogP contribution in [0, 0.1) is 0 Å². The van der Waals surface area contributed by atoms with Gasteiger partial charge in [-0.3, -0.25) is 14.6 Å². The number of fused-ring (bicyclic) bond motifs is 1. The monoisotopic (exact) mass is 350 g/mol. The van der Waals surface area contributed by atoms with Crippen LogP contribution < -0.4 is 0 Å². The van der Waals surface area contributed by atoms with Crippen molar-refractivity contribution < 1.29 is 0 Å². The first-order valence-corrected chi connectivity index (χ1v) is 8.95. The van der Waals surface area contributed by atoms with Crippen molar-refractivity contribution >= 4 is 23.5 Å². The zero-order valence-electron chi connectivity index (χ0n) is 14.9. The molecule has 4 aromatic rings. The average Bonchev–Trinajstić information content (AvgIpc) is 3.35. The Morgan fingerprint density at radius 1 is 0.778 bits per heavy atom. The van der Waals surface area contributed by atoms with Crippen LogP contribution in [0.3, 0.4) is 0 Å². The molecule has 1 aromatic heterocycles. The van der Waals surface area contributed by atoms with Crippen LogP contribution in [0.5, 0.6) is 0 Å². The minimum absolute atomic E-state index is 0.535. The quantitative estimate of drug-likeness (QED) is 0.511. The van der Waals surface area contributed by atoms with Crippen molar-refractivity contribution in [1.82, 2.24) is 9.55 Å². The molecule has 27 heavy (non-hydrogen) atoms. The number of rotatable bonds is 3. The van der Waals surface area contributed by atoms with Gasteiger partial charge in [0.15, 0.2) is 5.66 Å². The fraction of sp³-hybridized carbons (Fsp3) is 0.0870. The Bertz CT molecular complexity index is 1170. The lowest BCUT2D eigenvalue weighted by molar-refractivity contribution is 0.543. The zero-order chi connectivity index (χ0) is 18.3. The van der Waals surface area contributed by atoms with E-state index in [4.69, 9.17) is 0 Å². The third kappa shape index (κ3) is 2.66. The lowest BCUT2D eigenvalue weighted by atomic mass is 10.0. The average molecular weight is 350 g/mol. The van der Waals surface area contributed by atoms with Crippen molar-refractivity contribution in [3.8, 4) is 16.8 Å². The molecule has 4 heteroatoms. The standard InChI is InChI=1S/C23H18N4/c1-23(25-12-13-26-23)19-8-5-9-20(15-19)27-16-24-21-14-18(10-11-22(21)27)17-6-3-2-4-7-17/h2-16H,1H3. The lowest BCUT2D eigenvalue weighted by Gasteiger charge is -2.19. The van der Waals surface area contributed by atoms with Crippen LogP contribution in [0.2, 0.25) is 0 Å². The maximum Gasteiger partial charge on any atom is 0.172 e. The van der Waals surface area contributed by atoms with Crippen LogP contribution in [0.15, 0.2) is 89.1 Å². The van der Waals surface area contributed by atoms with Crippen molar-refractivity contribution in [2.75, 3.05) is 0 Å². The molecule has 0 atom stereocenters. The highest BCUT2D eigenvalue weighted by atomic mass is 15.1. The van der Waals surface area contributed by atoms with Gasteiger partial charge in [-0.05, 0) is 42.3 Å². The topological polar surface area (TPSA) is 42.5 Å². The fourth-order valence-electron chi connectivity index (χ4n) is 3.52. The Morgan fingerprint density at radius 2 is 1.59 bits per heavy atom. The second kappa shape index (κ2) is 6.02. The third-order valence-electron chi connectivity index (χ3n) is 5.04. The van der Waals surface area contributed by atoms with Crippen LogP contribution in [0.4, 0.5) is 0 Å². The minimum atomic E-state index is -0.535. The number of imidazole rings is 1. The number of hydrogen-bond donors (Lipinski definition) is 0. The SMILES string of the molecule is CC1(c2cccc(-n3cnc4cc(-c5ccccc5)ccc43)c2)N=CC=N1. The zero-order valence-corrected chi connectivity index (χ0v) is 14.9. The van der Waals surface area contributed by atoms with Gasteiger partial charge in [0.1, 0.15) is 6.33 Å². The van der Waals surface area contributed by atoms with E-state index in [9.17, 15) is 0 Å². The number of nitrogens with zero attached hydrogens (tertiary/aromatic N) is 4. The highest BCUT2D eigenvalue weighted by Gasteiger charge is 2.25. The largest absolute Gasteiger partial charge is 0.299 e. The van der Waals surface area contributed by atoms with E-state index in [-0.39, 0.29) is 0 Å². The van der Waals surface area contributed by atoms with Gasteiger partial charge >= 0.3 is 0 Å². The Morgan fingerprint density at radius 3 is 2.41 bits per heavy atom. The second-order valence-corrected chi connectivity index (χ2v) is 6.81. The van der Waals surface area contributed by atoms with Crippen molar-refractivity contribution in [3.63, 3.8) is 0 Å². The van der Waals surface area contributed by atoms with Crippen LogP contribution in [-0.2, 0) is 5.66 Å². The van der Waals surface area contributed by atoms with E-state index in [0.29, 0.717) is 0 Å². The number of aromatic nitrogens is 2. The Labute approximate surface area is 157 Å². The Kier molecular flexibility index (Phi) is 3.50. The highest BCUT2D eigenvalue weighted by Crippen LogP contribution is 2.31. The van der Waals surface area contributed by atoms with Gasteiger partial charge in [-0.15, -0.1) is 0 Å². The van der Waals surface area contributed by atoms with Gasteiger partial charge in [0.2, 0.25) is 0 Å². The van der Waals surface area contributed by atoms with Crippen LogP contribution in [0.1, 0.15) is 12.5 Å². The normalized spacial score (nSPS) is 14.9. The third-order valence-corrected chi connectivity index (χ3v) is 5.04. The molecular weight excluding hydrogens is 332 g/mol. The first kappa shape index (κ1) is 15.7. The molecule has 1 aliphatic rings. The van der Waals surface area contributed by atoms with Crippen molar-refractivity contribution in [2.24, 2.45) is 9.98 Å². The predicted molar refractivity (Wildman–Crippen MR) is 111 cm³/mol. The van der Waals surface area contributed by atoms with E-state index < -0.39 is 5.66 Å². The molecule has 5 rings (SSSR count). The second-order valence-electron chi connectivity index (χ2n) is 6.81. The maximum atomic E-state index is 4.63. The summed E-state index contributed by atoms with van der Waals surface area (Å²) in [6.45, 7) is 2.02. The summed E-state index contributed by atoms with van der Waals surface area (Å²) in [7, 11) is 0. The summed E-state index contributed by atoms with van der Waals surface area (Å²) in [5, 5.41) is 0. The predicted octanol–water partition coefficient (Wildman–Crippen LogP) is 5.02. The van der Waals surface area contributed by atoms with Crippen LogP contribution in [0.25, 0.3) is 27.8 Å². The van der Waals surface area contributed by atoms with Gasteiger partial charge in [-0.25, -0.2) is 4.98 Å². The molecule has 0 spiro atoms. The fourth-order valence-corrected chi connectivity index (χ4v) is 3.52. The summed E-state index contributed by atoms with van der Waals surface area (Å²) in [6.07, 6.45) is 5.39. The van der Waals surface area contributed by atoms with E-state index in [1.54, 1.807) is 12.4 Å². The molecule has 0 amide bonds. The number of aliphatic imine (C=N–C) groups is 2. The minimum Gasteiger partial charge on any atom is -0.299 e. The molecule has 130 valence electrons. The molecule has 0 N–H and O–H groups in total. The molecule has 0 unspecified atom stereocenters. The molecule has 2 heterocycles. The first-order chi connectivity index (χ1) is 13.2. The molecule has 3 aromatic carbocycles. The molecule has 1 aliphatic heterocycles. The molecule has 0 fully saturated rings. The summed E-state index contributed by atoms with van der Waals surface area (Å²) < 4.78 is 2.11. The van der Waals surface area contributed by atoms with Crippen molar-refractivity contribution in [3.05, 3.63) is 84.7 Å². The smallest absolute Gasteiger partial charge is 0.172 e. The van der Waals surface area contributed by atoms with E-state index in [2.05, 4.69) is 80.2 Å². The van der Waals surface area contributed by atoms with Crippen molar-refractivity contribution in [2.45, 2.75) is 12.6 Å². The summed E-state index contributed by atoms with van der Waals surface area (Å²) in [5.74, 6) is 0. The summed E-state index contributed by atoms with van der Waals surface area (Å²) >= 11 is 0. The summed E-state index contributed by atoms with van der Waals surface area (Å²) in [6, 6.07) is 25.1.